The minimum atomic E-state index is 0.753. The SMILES string of the molecule is c1ccc2c(c1)NC[C@@H]2C1CCNCC1. The minimum Gasteiger partial charge on any atom is -0.384 e. The molecular weight excluding hydrogens is 184 g/mol. The molecule has 3 rings (SSSR count). The molecule has 0 bridgehead atoms. The Bertz CT molecular complexity index is 342. The van der Waals surface area contributed by atoms with Crippen LogP contribution < -0.4 is 10.6 Å². The Hall–Kier alpha value is -1.02. The van der Waals surface area contributed by atoms with Crippen molar-refractivity contribution in [2.24, 2.45) is 5.92 Å². The van der Waals surface area contributed by atoms with Crippen LogP contribution in [0.2, 0.25) is 0 Å². The lowest BCUT2D eigenvalue weighted by Gasteiger charge is -2.27. The Balaban J connectivity index is 1.83. The number of para-hydroxylation sites is 1. The fraction of sp³-hybridized carbons (Fsp3) is 0.538. The standard InChI is InChI=1S/C13H18N2/c1-2-4-13-11(3-1)12(9-15-13)10-5-7-14-8-6-10/h1-4,10,12,14-15H,5-9H2/t12-/m1/s1. The number of fused-ring (bicyclic) bond motifs is 1. The van der Waals surface area contributed by atoms with Gasteiger partial charge in [0.2, 0.25) is 0 Å². The third-order valence-corrected chi connectivity index (χ3v) is 3.83. The molecule has 2 N–H and O–H groups in total. The van der Waals surface area contributed by atoms with Crippen LogP contribution in [-0.2, 0) is 0 Å². The van der Waals surface area contributed by atoms with Gasteiger partial charge in [0, 0.05) is 18.2 Å². The average molecular weight is 202 g/mol. The number of nitrogens with one attached hydrogen (secondary N) is 2. The van der Waals surface area contributed by atoms with E-state index in [0.717, 1.165) is 18.4 Å². The molecule has 0 saturated carbocycles. The first-order chi connectivity index (χ1) is 7.45. The molecule has 0 amide bonds. The third-order valence-electron chi connectivity index (χ3n) is 3.83. The number of hydrogen-bond acceptors (Lipinski definition) is 2. The second-order valence-electron chi connectivity index (χ2n) is 4.66. The lowest BCUT2D eigenvalue weighted by molar-refractivity contribution is 0.330. The summed E-state index contributed by atoms with van der Waals surface area (Å²) in [5.74, 6) is 1.63. The van der Waals surface area contributed by atoms with Crippen molar-refractivity contribution in [3.05, 3.63) is 29.8 Å². The summed E-state index contributed by atoms with van der Waals surface area (Å²) in [5, 5.41) is 6.97. The average Bonchev–Trinajstić information content (AvgIpc) is 2.74. The van der Waals surface area contributed by atoms with E-state index in [1.807, 2.05) is 0 Å². The van der Waals surface area contributed by atoms with E-state index in [1.54, 1.807) is 5.56 Å². The van der Waals surface area contributed by atoms with Crippen molar-refractivity contribution < 1.29 is 0 Å². The second kappa shape index (κ2) is 3.86. The molecule has 2 aliphatic rings. The minimum absolute atomic E-state index is 0.753. The highest BCUT2D eigenvalue weighted by atomic mass is 14.9. The van der Waals surface area contributed by atoms with Gasteiger partial charge in [-0.1, -0.05) is 18.2 Å². The predicted molar refractivity (Wildman–Crippen MR) is 63.3 cm³/mol. The molecule has 15 heavy (non-hydrogen) atoms. The summed E-state index contributed by atoms with van der Waals surface area (Å²) in [6.45, 7) is 3.54. The number of piperidine rings is 1. The van der Waals surface area contributed by atoms with E-state index in [0.29, 0.717) is 0 Å². The van der Waals surface area contributed by atoms with Gasteiger partial charge >= 0.3 is 0 Å². The zero-order valence-electron chi connectivity index (χ0n) is 9.00. The number of anilines is 1. The van der Waals surface area contributed by atoms with Crippen molar-refractivity contribution >= 4 is 5.69 Å². The highest BCUT2D eigenvalue weighted by Crippen LogP contribution is 2.39. The Labute approximate surface area is 91.1 Å². The molecule has 2 heteroatoms. The first kappa shape index (κ1) is 9.22. The van der Waals surface area contributed by atoms with Crippen molar-refractivity contribution in [1.29, 1.82) is 0 Å². The summed E-state index contributed by atoms with van der Waals surface area (Å²) < 4.78 is 0. The summed E-state index contributed by atoms with van der Waals surface area (Å²) in [4.78, 5) is 0. The summed E-state index contributed by atoms with van der Waals surface area (Å²) in [5.41, 5.74) is 2.91. The number of rotatable bonds is 1. The van der Waals surface area contributed by atoms with Gasteiger partial charge in [-0.05, 0) is 43.5 Å². The number of benzene rings is 1. The van der Waals surface area contributed by atoms with Gasteiger partial charge in [0.05, 0.1) is 0 Å². The summed E-state index contributed by atoms with van der Waals surface area (Å²) in [6.07, 6.45) is 2.67. The quantitative estimate of drug-likeness (QED) is 0.729. The Morgan fingerprint density at radius 1 is 1.07 bits per heavy atom. The Morgan fingerprint density at radius 2 is 1.87 bits per heavy atom. The van der Waals surface area contributed by atoms with Gasteiger partial charge < -0.3 is 10.6 Å². The maximum Gasteiger partial charge on any atom is 0.0376 e. The van der Waals surface area contributed by atoms with Crippen LogP contribution in [0.25, 0.3) is 0 Å². The summed E-state index contributed by atoms with van der Waals surface area (Å²) in [6, 6.07) is 8.79. The fourth-order valence-corrected chi connectivity index (χ4v) is 2.98. The van der Waals surface area contributed by atoms with E-state index < -0.39 is 0 Å². The molecule has 2 aliphatic heterocycles. The first-order valence-corrected chi connectivity index (χ1v) is 5.98. The number of hydrogen-bond donors (Lipinski definition) is 2. The molecule has 2 heterocycles. The van der Waals surface area contributed by atoms with E-state index in [2.05, 4.69) is 34.9 Å². The first-order valence-electron chi connectivity index (χ1n) is 5.98. The Morgan fingerprint density at radius 3 is 2.73 bits per heavy atom. The molecular formula is C13H18N2. The van der Waals surface area contributed by atoms with Gasteiger partial charge in [0.15, 0.2) is 0 Å². The highest BCUT2D eigenvalue weighted by molar-refractivity contribution is 5.57. The van der Waals surface area contributed by atoms with Crippen LogP contribution >= 0.6 is 0 Å². The van der Waals surface area contributed by atoms with Crippen molar-refractivity contribution in [3.63, 3.8) is 0 Å². The largest absolute Gasteiger partial charge is 0.384 e. The molecule has 1 atom stereocenters. The molecule has 1 saturated heterocycles. The van der Waals surface area contributed by atoms with E-state index in [1.165, 1.54) is 31.6 Å². The van der Waals surface area contributed by atoms with Crippen molar-refractivity contribution in [3.8, 4) is 0 Å². The van der Waals surface area contributed by atoms with E-state index in [4.69, 9.17) is 0 Å². The van der Waals surface area contributed by atoms with Crippen LogP contribution in [0, 0.1) is 5.92 Å². The lowest BCUT2D eigenvalue weighted by atomic mass is 9.82. The van der Waals surface area contributed by atoms with Gasteiger partial charge in [0.25, 0.3) is 0 Å². The van der Waals surface area contributed by atoms with Crippen LogP contribution in [-0.4, -0.2) is 19.6 Å². The topological polar surface area (TPSA) is 24.1 Å². The highest BCUT2D eigenvalue weighted by Gasteiger charge is 2.29. The van der Waals surface area contributed by atoms with E-state index in [-0.39, 0.29) is 0 Å². The third kappa shape index (κ3) is 1.63. The summed E-state index contributed by atoms with van der Waals surface area (Å²) >= 11 is 0. The van der Waals surface area contributed by atoms with Crippen LogP contribution in [0.3, 0.4) is 0 Å². The summed E-state index contributed by atoms with van der Waals surface area (Å²) in [7, 11) is 0. The van der Waals surface area contributed by atoms with Crippen molar-refractivity contribution in [1.82, 2.24) is 5.32 Å². The molecule has 1 fully saturated rings. The van der Waals surface area contributed by atoms with Crippen molar-refractivity contribution in [2.75, 3.05) is 25.0 Å². The zero-order chi connectivity index (χ0) is 10.1. The van der Waals surface area contributed by atoms with Gasteiger partial charge in [-0.2, -0.15) is 0 Å². The van der Waals surface area contributed by atoms with Gasteiger partial charge in [-0.25, -0.2) is 0 Å². The molecule has 1 aromatic carbocycles. The second-order valence-corrected chi connectivity index (χ2v) is 4.66. The van der Waals surface area contributed by atoms with Crippen molar-refractivity contribution in [2.45, 2.75) is 18.8 Å². The van der Waals surface area contributed by atoms with E-state index in [9.17, 15) is 0 Å². The van der Waals surface area contributed by atoms with Crippen LogP contribution in [0.1, 0.15) is 24.3 Å². The fourth-order valence-electron chi connectivity index (χ4n) is 2.98. The van der Waals surface area contributed by atoms with E-state index >= 15 is 0 Å². The maximum atomic E-state index is 3.53. The Kier molecular flexibility index (Phi) is 2.37. The van der Waals surface area contributed by atoms with Crippen LogP contribution in [0.4, 0.5) is 5.69 Å². The van der Waals surface area contributed by atoms with Gasteiger partial charge in [-0.3, -0.25) is 0 Å². The maximum absolute atomic E-state index is 3.53. The molecule has 0 aromatic heterocycles. The smallest absolute Gasteiger partial charge is 0.0376 e. The molecule has 0 radical (unpaired) electrons. The monoisotopic (exact) mass is 202 g/mol. The predicted octanol–water partition coefficient (Wildman–Crippen LogP) is 2.20. The lowest BCUT2D eigenvalue weighted by Crippen LogP contribution is -2.31. The van der Waals surface area contributed by atoms with Gasteiger partial charge in [0.1, 0.15) is 0 Å². The normalized spacial score (nSPS) is 26.0. The van der Waals surface area contributed by atoms with Crippen LogP contribution in [0.5, 0.6) is 0 Å². The zero-order valence-corrected chi connectivity index (χ0v) is 9.00. The molecule has 0 unspecified atom stereocenters. The molecule has 80 valence electrons. The van der Waals surface area contributed by atoms with Gasteiger partial charge in [-0.15, -0.1) is 0 Å². The van der Waals surface area contributed by atoms with Crippen LogP contribution in [0.15, 0.2) is 24.3 Å². The molecule has 1 aromatic rings. The molecule has 0 spiro atoms. The molecule has 2 nitrogen and oxygen atoms in total. The molecule has 0 aliphatic carbocycles.